The summed E-state index contributed by atoms with van der Waals surface area (Å²) in [6.45, 7) is 2.05. The first kappa shape index (κ1) is 13.0. The van der Waals surface area contributed by atoms with E-state index in [0.717, 1.165) is 0 Å². The average Bonchev–Trinajstić information content (AvgIpc) is 3.12. The first-order valence-corrected chi connectivity index (χ1v) is 6.10. The van der Waals surface area contributed by atoms with Gasteiger partial charge in [-0.1, -0.05) is 5.21 Å². The predicted molar refractivity (Wildman–Crippen MR) is 69.5 cm³/mol. The highest BCUT2D eigenvalue weighted by atomic mass is 16.4. The third-order valence-electron chi connectivity index (χ3n) is 3.14. The highest BCUT2D eigenvalue weighted by molar-refractivity contribution is 5.92. The summed E-state index contributed by atoms with van der Waals surface area (Å²) < 4.78 is 8.32. The van der Waals surface area contributed by atoms with E-state index in [1.54, 1.807) is 31.1 Å². The maximum absolute atomic E-state index is 11.3. The molecule has 9 nitrogen and oxygen atoms in total. The Labute approximate surface area is 118 Å². The van der Waals surface area contributed by atoms with Gasteiger partial charge >= 0.3 is 5.97 Å². The van der Waals surface area contributed by atoms with Crippen LogP contribution in [-0.4, -0.2) is 40.6 Å². The van der Waals surface area contributed by atoms with Crippen molar-refractivity contribution < 1.29 is 14.3 Å². The van der Waals surface area contributed by atoms with Crippen LogP contribution in [0.5, 0.6) is 0 Å². The topological polar surface area (TPSA) is 112 Å². The van der Waals surface area contributed by atoms with Crippen molar-refractivity contribution in [1.29, 1.82) is 0 Å². The Balaban J connectivity index is 2.12. The molecule has 0 aliphatic heterocycles. The van der Waals surface area contributed by atoms with Gasteiger partial charge in [0.05, 0.1) is 24.8 Å². The summed E-state index contributed by atoms with van der Waals surface area (Å²) in [5, 5.41) is 16.9. The Kier molecular flexibility index (Phi) is 3.01. The van der Waals surface area contributed by atoms with E-state index >= 15 is 0 Å². The number of aromatic carboxylic acids is 1. The number of carboxylic acid groups (broad SMARTS) is 1. The van der Waals surface area contributed by atoms with Crippen molar-refractivity contribution in [3.63, 3.8) is 0 Å². The second-order valence-electron chi connectivity index (χ2n) is 4.49. The van der Waals surface area contributed by atoms with Gasteiger partial charge in [0, 0.05) is 7.05 Å². The van der Waals surface area contributed by atoms with Crippen LogP contribution in [0.15, 0.2) is 23.3 Å². The number of aryl methyl sites for hydroxylation is 2. The van der Waals surface area contributed by atoms with Crippen molar-refractivity contribution in [3.8, 4) is 11.4 Å². The molecule has 0 aliphatic carbocycles. The molecule has 21 heavy (non-hydrogen) atoms. The Morgan fingerprint density at radius 2 is 2.29 bits per heavy atom. The molecular weight excluding hydrogens is 276 g/mol. The molecule has 3 aromatic heterocycles. The Hall–Kier alpha value is -2.97. The molecule has 0 amide bonds. The number of imidazole rings is 1. The summed E-state index contributed by atoms with van der Waals surface area (Å²) in [6.07, 6.45) is 4.49. The Morgan fingerprint density at radius 1 is 1.48 bits per heavy atom. The van der Waals surface area contributed by atoms with Crippen LogP contribution < -0.4 is 0 Å². The van der Waals surface area contributed by atoms with Crippen LogP contribution in [0.25, 0.3) is 11.4 Å². The molecular formula is C12H12N6O3. The minimum atomic E-state index is -1.14. The molecule has 0 aliphatic rings. The molecule has 108 valence electrons. The Morgan fingerprint density at radius 3 is 2.86 bits per heavy atom. The third kappa shape index (κ3) is 2.18. The van der Waals surface area contributed by atoms with Crippen LogP contribution in [0.4, 0.5) is 0 Å². The van der Waals surface area contributed by atoms with Crippen LogP contribution >= 0.6 is 0 Å². The Bertz CT molecular complexity index is 800. The summed E-state index contributed by atoms with van der Waals surface area (Å²) in [5.41, 5.74) is 1.53. The molecule has 0 atom stereocenters. The highest BCUT2D eigenvalue weighted by Gasteiger charge is 2.23. The number of carboxylic acids is 1. The SMILES string of the molecule is Cc1ocnc1Cn1nnc(C(=O)O)c1-c1cncn1C. The number of aromatic nitrogens is 6. The van der Waals surface area contributed by atoms with E-state index < -0.39 is 5.97 Å². The maximum atomic E-state index is 11.3. The van der Waals surface area contributed by atoms with Gasteiger partial charge in [-0.25, -0.2) is 19.4 Å². The van der Waals surface area contributed by atoms with Gasteiger partial charge in [0.25, 0.3) is 0 Å². The van der Waals surface area contributed by atoms with Crippen molar-refractivity contribution in [2.45, 2.75) is 13.5 Å². The molecule has 3 aromatic rings. The van der Waals surface area contributed by atoms with Gasteiger partial charge in [-0.2, -0.15) is 0 Å². The zero-order valence-corrected chi connectivity index (χ0v) is 11.4. The molecule has 0 saturated heterocycles. The first-order valence-electron chi connectivity index (χ1n) is 6.10. The lowest BCUT2D eigenvalue weighted by molar-refractivity contribution is 0.0691. The molecule has 0 spiro atoms. The monoisotopic (exact) mass is 288 g/mol. The van der Waals surface area contributed by atoms with E-state index in [0.29, 0.717) is 22.8 Å². The van der Waals surface area contributed by atoms with Crippen molar-refractivity contribution in [1.82, 2.24) is 29.5 Å². The van der Waals surface area contributed by atoms with Gasteiger partial charge in [-0.15, -0.1) is 5.10 Å². The minimum Gasteiger partial charge on any atom is -0.476 e. The summed E-state index contributed by atoms with van der Waals surface area (Å²) in [6, 6.07) is 0. The third-order valence-corrected chi connectivity index (χ3v) is 3.14. The lowest BCUT2D eigenvalue weighted by Crippen LogP contribution is -2.09. The first-order chi connectivity index (χ1) is 10.1. The van der Waals surface area contributed by atoms with Crippen LogP contribution in [-0.2, 0) is 13.6 Å². The quantitative estimate of drug-likeness (QED) is 0.752. The van der Waals surface area contributed by atoms with E-state index in [-0.39, 0.29) is 12.2 Å². The van der Waals surface area contributed by atoms with Gasteiger partial charge in [-0.05, 0) is 6.92 Å². The molecule has 0 unspecified atom stereocenters. The van der Waals surface area contributed by atoms with E-state index in [9.17, 15) is 9.90 Å². The second-order valence-corrected chi connectivity index (χ2v) is 4.49. The maximum Gasteiger partial charge on any atom is 0.358 e. The molecule has 0 saturated carbocycles. The van der Waals surface area contributed by atoms with Gasteiger partial charge in [0.2, 0.25) is 0 Å². The zero-order chi connectivity index (χ0) is 15.0. The molecule has 1 N–H and O–H groups in total. The van der Waals surface area contributed by atoms with Gasteiger partial charge in [0.1, 0.15) is 17.1 Å². The predicted octanol–water partition coefficient (Wildman–Crippen LogP) is 0.722. The normalized spacial score (nSPS) is 11.0. The molecule has 0 aromatic carbocycles. The average molecular weight is 288 g/mol. The van der Waals surface area contributed by atoms with Crippen molar-refractivity contribution in [2.24, 2.45) is 7.05 Å². The lowest BCUT2D eigenvalue weighted by Gasteiger charge is -2.06. The van der Waals surface area contributed by atoms with Gasteiger partial charge < -0.3 is 14.1 Å². The molecule has 0 fully saturated rings. The fourth-order valence-corrected chi connectivity index (χ4v) is 2.03. The van der Waals surface area contributed by atoms with E-state index in [2.05, 4.69) is 20.3 Å². The number of nitrogens with zero attached hydrogens (tertiary/aromatic N) is 6. The van der Waals surface area contributed by atoms with Gasteiger partial charge in [-0.3, -0.25) is 0 Å². The summed E-state index contributed by atoms with van der Waals surface area (Å²) in [4.78, 5) is 19.4. The molecule has 3 heterocycles. The number of carbonyl (C=O) groups is 1. The number of rotatable bonds is 4. The molecule has 0 bridgehead atoms. The largest absolute Gasteiger partial charge is 0.476 e. The van der Waals surface area contributed by atoms with Crippen molar-refractivity contribution >= 4 is 5.97 Å². The molecule has 3 rings (SSSR count). The summed E-state index contributed by atoms with van der Waals surface area (Å²) in [7, 11) is 1.77. The standard InChI is InChI=1S/C12H12N6O3/c1-7-8(14-6-21-7)4-18-11(9-3-13-5-17(9)2)10(12(19)20)15-16-18/h3,5-6H,4H2,1-2H3,(H,19,20). The summed E-state index contributed by atoms with van der Waals surface area (Å²) in [5.74, 6) is -0.493. The van der Waals surface area contributed by atoms with Crippen LogP contribution in [0.2, 0.25) is 0 Å². The van der Waals surface area contributed by atoms with Crippen LogP contribution in [0.1, 0.15) is 21.9 Å². The fraction of sp³-hybridized carbons (Fsp3) is 0.250. The van der Waals surface area contributed by atoms with E-state index in [4.69, 9.17) is 4.42 Å². The molecule has 9 heteroatoms. The summed E-state index contributed by atoms with van der Waals surface area (Å²) >= 11 is 0. The smallest absolute Gasteiger partial charge is 0.358 e. The van der Waals surface area contributed by atoms with Crippen molar-refractivity contribution in [3.05, 3.63) is 36.1 Å². The number of hydrogen-bond acceptors (Lipinski definition) is 6. The van der Waals surface area contributed by atoms with Crippen LogP contribution in [0.3, 0.4) is 0 Å². The molecule has 0 radical (unpaired) electrons. The lowest BCUT2D eigenvalue weighted by atomic mass is 10.2. The number of hydrogen-bond donors (Lipinski definition) is 1. The highest BCUT2D eigenvalue weighted by Crippen LogP contribution is 2.22. The minimum absolute atomic E-state index is 0.125. The fourth-order valence-electron chi connectivity index (χ4n) is 2.03. The van der Waals surface area contributed by atoms with Crippen molar-refractivity contribution in [2.75, 3.05) is 0 Å². The van der Waals surface area contributed by atoms with E-state index in [1.165, 1.54) is 11.1 Å². The van der Waals surface area contributed by atoms with Gasteiger partial charge in [0.15, 0.2) is 12.1 Å². The second kappa shape index (κ2) is 4.85. The zero-order valence-electron chi connectivity index (χ0n) is 11.4. The van der Waals surface area contributed by atoms with Crippen LogP contribution in [0, 0.1) is 6.92 Å². The van der Waals surface area contributed by atoms with E-state index in [1.807, 2.05) is 0 Å². The number of oxazole rings is 1.